The molecule has 0 aliphatic rings. The number of amides is 1. The summed E-state index contributed by atoms with van der Waals surface area (Å²) in [6.07, 6.45) is 26.1. The standard InChI is InChI=1S/C24H49NO/c1-3-5-7-9-11-13-14-15-16-18-20-22-24(26)25-23-21-19-17-12-10-8-6-4-2/h3-23H2,1-2H3,(H,25,26). The van der Waals surface area contributed by atoms with E-state index in [1.165, 1.54) is 109 Å². The summed E-state index contributed by atoms with van der Waals surface area (Å²) in [5, 5.41) is 3.09. The third-order valence-corrected chi connectivity index (χ3v) is 5.36. The van der Waals surface area contributed by atoms with Gasteiger partial charge in [-0.25, -0.2) is 0 Å². The second-order valence-electron chi connectivity index (χ2n) is 8.11. The van der Waals surface area contributed by atoms with Gasteiger partial charge in [0.2, 0.25) is 5.91 Å². The van der Waals surface area contributed by atoms with Gasteiger partial charge >= 0.3 is 0 Å². The van der Waals surface area contributed by atoms with Gasteiger partial charge in [0, 0.05) is 13.0 Å². The van der Waals surface area contributed by atoms with E-state index in [9.17, 15) is 4.79 Å². The van der Waals surface area contributed by atoms with Gasteiger partial charge in [-0.05, 0) is 12.8 Å². The van der Waals surface area contributed by atoms with Crippen LogP contribution in [0.1, 0.15) is 142 Å². The number of carbonyl (C=O) groups is 1. The lowest BCUT2D eigenvalue weighted by molar-refractivity contribution is -0.121. The molecule has 0 aromatic carbocycles. The first-order valence-corrected chi connectivity index (χ1v) is 12.1. The molecule has 0 heterocycles. The van der Waals surface area contributed by atoms with Crippen LogP contribution in [0.15, 0.2) is 0 Å². The third-order valence-electron chi connectivity index (χ3n) is 5.36. The summed E-state index contributed by atoms with van der Waals surface area (Å²) in [6, 6.07) is 0. The molecule has 0 aliphatic carbocycles. The Labute approximate surface area is 165 Å². The quantitative estimate of drug-likeness (QED) is 0.205. The molecule has 2 nitrogen and oxygen atoms in total. The second-order valence-corrected chi connectivity index (χ2v) is 8.11. The van der Waals surface area contributed by atoms with E-state index < -0.39 is 0 Å². The van der Waals surface area contributed by atoms with Crippen LogP contribution >= 0.6 is 0 Å². The number of carbonyl (C=O) groups excluding carboxylic acids is 1. The van der Waals surface area contributed by atoms with Gasteiger partial charge in [0.15, 0.2) is 0 Å². The summed E-state index contributed by atoms with van der Waals surface area (Å²) in [5.74, 6) is 0.267. The van der Waals surface area contributed by atoms with Crippen LogP contribution in [0.4, 0.5) is 0 Å². The maximum Gasteiger partial charge on any atom is 0.219 e. The van der Waals surface area contributed by atoms with E-state index in [-0.39, 0.29) is 5.91 Å². The van der Waals surface area contributed by atoms with E-state index >= 15 is 0 Å². The van der Waals surface area contributed by atoms with Crippen molar-refractivity contribution in [3.8, 4) is 0 Å². The summed E-state index contributed by atoms with van der Waals surface area (Å²) in [7, 11) is 0. The highest BCUT2D eigenvalue weighted by Crippen LogP contribution is 2.12. The molecule has 0 saturated heterocycles. The molecule has 0 aromatic rings. The van der Waals surface area contributed by atoms with Crippen LogP contribution < -0.4 is 5.32 Å². The van der Waals surface area contributed by atoms with Gasteiger partial charge in [0.05, 0.1) is 0 Å². The average Bonchev–Trinajstić information content (AvgIpc) is 2.64. The Morgan fingerprint density at radius 1 is 0.500 bits per heavy atom. The zero-order chi connectivity index (χ0) is 19.1. The zero-order valence-electron chi connectivity index (χ0n) is 18.3. The first-order valence-electron chi connectivity index (χ1n) is 12.1. The molecule has 26 heavy (non-hydrogen) atoms. The van der Waals surface area contributed by atoms with Crippen molar-refractivity contribution in [2.45, 2.75) is 142 Å². The molecule has 0 rings (SSSR count). The van der Waals surface area contributed by atoms with E-state index in [0.717, 1.165) is 25.8 Å². The van der Waals surface area contributed by atoms with Crippen molar-refractivity contribution in [3.63, 3.8) is 0 Å². The minimum Gasteiger partial charge on any atom is -0.356 e. The lowest BCUT2D eigenvalue weighted by Gasteiger charge is -2.06. The minimum atomic E-state index is 0.267. The molecule has 2 heteroatoms. The van der Waals surface area contributed by atoms with Crippen molar-refractivity contribution in [2.24, 2.45) is 0 Å². The van der Waals surface area contributed by atoms with E-state index in [2.05, 4.69) is 19.2 Å². The Bertz CT molecular complexity index is 277. The number of hydrogen-bond acceptors (Lipinski definition) is 1. The van der Waals surface area contributed by atoms with Crippen LogP contribution in [0, 0.1) is 0 Å². The van der Waals surface area contributed by atoms with Gasteiger partial charge in [-0.3, -0.25) is 4.79 Å². The maximum absolute atomic E-state index is 11.8. The minimum absolute atomic E-state index is 0.267. The molecular weight excluding hydrogens is 318 g/mol. The molecule has 156 valence electrons. The smallest absolute Gasteiger partial charge is 0.219 e. The summed E-state index contributed by atoms with van der Waals surface area (Å²) >= 11 is 0. The lowest BCUT2D eigenvalue weighted by atomic mass is 10.1. The molecule has 0 spiro atoms. The van der Waals surface area contributed by atoms with Gasteiger partial charge in [-0.15, -0.1) is 0 Å². The number of nitrogens with one attached hydrogen (secondary N) is 1. The molecule has 0 aliphatic heterocycles. The van der Waals surface area contributed by atoms with Gasteiger partial charge in [0.25, 0.3) is 0 Å². The average molecular weight is 368 g/mol. The Kier molecular flexibility index (Phi) is 22.1. The van der Waals surface area contributed by atoms with Crippen LogP contribution in [0.5, 0.6) is 0 Å². The van der Waals surface area contributed by atoms with Crippen molar-refractivity contribution >= 4 is 5.91 Å². The van der Waals surface area contributed by atoms with Gasteiger partial charge in [0.1, 0.15) is 0 Å². The van der Waals surface area contributed by atoms with Crippen molar-refractivity contribution < 1.29 is 4.79 Å². The highest BCUT2D eigenvalue weighted by molar-refractivity contribution is 5.75. The molecule has 1 N–H and O–H groups in total. The first kappa shape index (κ1) is 25.5. The fraction of sp³-hybridized carbons (Fsp3) is 0.958. The van der Waals surface area contributed by atoms with Crippen molar-refractivity contribution in [1.29, 1.82) is 0 Å². The fourth-order valence-corrected chi connectivity index (χ4v) is 3.52. The number of rotatable bonds is 21. The molecule has 0 aromatic heterocycles. The van der Waals surface area contributed by atoms with Crippen molar-refractivity contribution in [1.82, 2.24) is 5.32 Å². The molecule has 0 radical (unpaired) electrons. The highest BCUT2D eigenvalue weighted by Gasteiger charge is 2.00. The van der Waals surface area contributed by atoms with E-state index in [1.54, 1.807) is 0 Å². The lowest BCUT2D eigenvalue weighted by Crippen LogP contribution is -2.23. The highest BCUT2D eigenvalue weighted by atomic mass is 16.1. The van der Waals surface area contributed by atoms with Crippen LogP contribution in [-0.2, 0) is 4.79 Å². The maximum atomic E-state index is 11.8. The molecule has 1 amide bonds. The van der Waals surface area contributed by atoms with Crippen LogP contribution in [0.2, 0.25) is 0 Å². The molecule has 0 fully saturated rings. The molecule has 0 bridgehead atoms. The third kappa shape index (κ3) is 21.5. The van der Waals surface area contributed by atoms with Crippen molar-refractivity contribution in [2.75, 3.05) is 6.54 Å². The molecule has 0 unspecified atom stereocenters. The Morgan fingerprint density at radius 2 is 0.846 bits per heavy atom. The normalized spacial score (nSPS) is 11.0. The largest absolute Gasteiger partial charge is 0.356 e. The first-order chi connectivity index (χ1) is 12.8. The monoisotopic (exact) mass is 367 g/mol. The van der Waals surface area contributed by atoms with E-state index in [1.807, 2.05) is 0 Å². The van der Waals surface area contributed by atoms with Crippen LogP contribution in [0.3, 0.4) is 0 Å². The van der Waals surface area contributed by atoms with Gasteiger partial charge in [-0.1, -0.05) is 123 Å². The molecular formula is C24H49NO. The van der Waals surface area contributed by atoms with E-state index in [4.69, 9.17) is 0 Å². The summed E-state index contributed by atoms with van der Waals surface area (Å²) < 4.78 is 0. The number of unbranched alkanes of at least 4 members (excludes halogenated alkanes) is 17. The summed E-state index contributed by atoms with van der Waals surface area (Å²) in [6.45, 7) is 5.42. The van der Waals surface area contributed by atoms with E-state index in [0.29, 0.717) is 0 Å². The molecule has 0 atom stereocenters. The Balaban J connectivity index is 3.13. The Morgan fingerprint density at radius 3 is 1.27 bits per heavy atom. The molecule has 0 saturated carbocycles. The SMILES string of the molecule is CCCCCCCCCCCCCC(=O)NCCCCCCCCCC. The second kappa shape index (κ2) is 22.5. The summed E-state index contributed by atoms with van der Waals surface area (Å²) in [5.41, 5.74) is 0. The number of hydrogen-bond donors (Lipinski definition) is 1. The van der Waals surface area contributed by atoms with Gasteiger partial charge < -0.3 is 5.32 Å². The van der Waals surface area contributed by atoms with Gasteiger partial charge in [-0.2, -0.15) is 0 Å². The fourth-order valence-electron chi connectivity index (χ4n) is 3.52. The topological polar surface area (TPSA) is 29.1 Å². The summed E-state index contributed by atoms with van der Waals surface area (Å²) in [4.78, 5) is 11.8. The predicted molar refractivity (Wildman–Crippen MR) is 117 cm³/mol. The zero-order valence-corrected chi connectivity index (χ0v) is 18.3. The van der Waals surface area contributed by atoms with Crippen LogP contribution in [-0.4, -0.2) is 12.5 Å². The Hall–Kier alpha value is -0.530. The van der Waals surface area contributed by atoms with Crippen LogP contribution in [0.25, 0.3) is 0 Å². The predicted octanol–water partition coefficient (Wildman–Crippen LogP) is 7.94. The van der Waals surface area contributed by atoms with Crippen molar-refractivity contribution in [3.05, 3.63) is 0 Å².